The largest absolute Gasteiger partial charge is 0.361 e. The quantitative estimate of drug-likeness (QED) is 0.752. The monoisotopic (exact) mass is 214 g/mol. The summed E-state index contributed by atoms with van der Waals surface area (Å²) in [6.45, 7) is 2.14. The molecule has 0 aliphatic heterocycles. The van der Waals surface area contributed by atoms with Crippen molar-refractivity contribution < 1.29 is 0 Å². The molecule has 1 aliphatic carbocycles. The molecule has 84 valence electrons. The van der Waals surface area contributed by atoms with Gasteiger partial charge in [0.2, 0.25) is 0 Å². The van der Waals surface area contributed by atoms with Gasteiger partial charge in [0, 0.05) is 29.1 Å². The van der Waals surface area contributed by atoms with Crippen LogP contribution in [0.1, 0.15) is 36.3 Å². The number of benzene rings is 1. The van der Waals surface area contributed by atoms with E-state index in [9.17, 15) is 0 Å². The first-order valence-corrected chi connectivity index (χ1v) is 6.09. The Labute approximate surface area is 95.8 Å². The van der Waals surface area contributed by atoms with Gasteiger partial charge < -0.3 is 10.7 Å². The minimum Gasteiger partial charge on any atom is -0.361 e. The Bertz CT molecular complexity index is 512. The second-order valence-electron chi connectivity index (χ2n) is 4.99. The molecule has 2 aromatic rings. The molecule has 1 saturated carbocycles. The summed E-state index contributed by atoms with van der Waals surface area (Å²) in [7, 11) is 0. The molecule has 1 aromatic heterocycles. The van der Waals surface area contributed by atoms with Crippen LogP contribution in [0, 0.1) is 6.92 Å². The van der Waals surface area contributed by atoms with E-state index < -0.39 is 0 Å². The van der Waals surface area contributed by atoms with E-state index >= 15 is 0 Å². The standard InChI is InChI=1S/C14H18N2/c1-9-5-6-14-11(7-9)12(8-16-14)10-3-2-4-13(10)15/h5-8,10,13,16H,2-4,15H2,1H3. The van der Waals surface area contributed by atoms with E-state index in [1.807, 2.05) is 0 Å². The molecule has 2 atom stereocenters. The van der Waals surface area contributed by atoms with Crippen LogP contribution in [-0.2, 0) is 0 Å². The van der Waals surface area contributed by atoms with Crippen LogP contribution in [0.4, 0.5) is 0 Å². The SMILES string of the molecule is Cc1ccc2[nH]cc(C3CCCC3N)c2c1. The molecule has 2 unspecified atom stereocenters. The van der Waals surface area contributed by atoms with Gasteiger partial charge in [-0.1, -0.05) is 18.1 Å². The third-order valence-electron chi connectivity index (χ3n) is 3.84. The molecule has 0 saturated heterocycles. The highest BCUT2D eigenvalue weighted by atomic mass is 14.7. The zero-order chi connectivity index (χ0) is 11.1. The summed E-state index contributed by atoms with van der Waals surface area (Å²) in [5.41, 5.74) is 10.2. The lowest BCUT2D eigenvalue weighted by Crippen LogP contribution is -2.22. The van der Waals surface area contributed by atoms with Crippen LogP contribution in [0.3, 0.4) is 0 Å². The second kappa shape index (κ2) is 3.63. The van der Waals surface area contributed by atoms with Crippen molar-refractivity contribution in [2.45, 2.75) is 38.1 Å². The van der Waals surface area contributed by atoms with Gasteiger partial charge in [-0.05, 0) is 37.5 Å². The number of nitrogens with one attached hydrogen (secondary N) is 1. The molecule has 0 radical (unpaired) electrons. The fourth-order valence-electron chi connectivity index (χ4n) is 2.94. The normalized spacial score (nSPS) is 25.4. The van der Waals surface area contributed by atoms with Crippen LogP contribution in [0.2, 0.25) is 0 Å². The topological polar surface area (TPSA) is 41.8 Å². The third-order valence-corrected chi connectivity index (χ3v) is 3.84. The highest BCUT2D eigenvalue weighted by Gasteiger charge is 2.27. The molecule has 3 rings (SSSR count). The summed E-state index contributed by atoms with van der Waals surface area (Å²) in [6, 6.07) is 6.93. The first-order chi connectivity index (χ1) is 7.75. The van der Waals surface area contributed by atoms with E-state index in [2.05, 4.69) is 36.3 Å². The lowest BCUT2D eigenvalue weighted by molar-refractivity contribution is 0.616. The van der Waals surface area contributed by atoms with Crippen LogP contribution < -0.4 is 5.73 Å². The molecule has 1 aliphatic rings. The zero-order valence-electron chi connectivity index (χ0n) is 9.66. The number of aryl methyl sites for hydroxylation is 1. The number of aromatic amines is 1. The van der Waals surface area contributed by atoms with Crippen LogP contribution in [0.15, 0.2) is 24.4 Å². The van der Waals surface area contributed by atoms with E-state index in [0.717, 1.165) is 0 Å². The van der Waals surface area contributed by atoms with Crippen LogP contribution in [-0.4, -0.2) is 11.0 Å². The Kier molecular flexibility index (Phi) is 2.25. The van der Waals surface area contributed by atoms with Gasteiger partial charge in [0.1, 0.15) is 0 Å². The highest BCUT2D eigenvalue weighted by molar-refractivity contribution is 5.84. The summed E-state index contributed by atoms with van der Waals surface area (Å²) in [4.78, 5) is 3.36. The van der Waals surface area contributed by atoms with Gasteiger partial charge >= 0.3 is 0 Å². The molecular weight excluding hydrogens is 196 g/mol. The van der Waals surface area contributed by atoms with Gasteiger partial charge in [-0.15, -0.1) is 0 Å². The highest BCUT2D eigenvalue weighted by Crippen LogP contribution is 2.37. The van der Waals surface area contributed by atoms with Crippen molar-refractivity contribution in [2.24, 2.45) is 5.73 Å². The number of hydrogen-bond acceptors (Lipinski definition) is 1. The summed E-state index contributed by atoms with van der Waals surface area (Å²) >= 11 is 0. The van der Waals surface area contributed by atoms with Gasteiger partial charge in [-0.2, -0.15) is 0 Å². The Morgan fingerprint density at radius 3 is 2.94 bits per heavy atom. The average Bonchev–Trinajstić information content (AvgIpc) is 2.83. The molecule has 1 fully saturated rings. The Morgan fingerprint density at radius 2 is 2.19 bits per heavy atom. The lowest BCUT2D eigenvalue weighted by Gasteiger charge is -2.14. The fraction of sp³-hybridized carbons (Fsp3) is 0.429. The van der Waals surface area contributed by atoms with Crippen molar-refractivity contribution in [3.8, 4) is 0 Å². The predicted octanol–water partition coefficient (Wildman–Crippen LogP) is 3.07. The van der Waals surface area contributed by atoms with Crippen molar-refractivity contribution in [3.05, 3.63) is 35.5 Å². The van der Waals surface area contributed by atoms with Crippen LogP contribution >= 0.6 is 0 Å². The molecule has 2 heteroatoms. The average molecular weight is 214 g/mol. The van der Waals surface area contributed by atoms with Gasteiger partial charge in [0.05, 0.1) is 0 Å². The van der Waals surface area contributed by atoms with Crippen LogP contribution in [0.25, 0.3) is 10.9 Å². The van der Waals surface area contributed by atoms with Gasteiger partial charge in [0.25, 0.3) is 0 Å². The van der Waals surface area contributed by atoms with E-state index in [1.54, 1.807) is 0 Å². The number of nitrogens with two attached hydrogens (primary N) is 1. The van der Waals surface area contributed by atoms with E-state index in [-0.39, 0.29) is 0 Å². The Hall–Kier alpha value is -1.28. The Balaban J connectivity index is 2.12. The van der Waals surface area contributed by atoms with Crippen molar-refractivity contribution >= 4 is 10.9 Å². The molecule has 2 nitrogen and oxygen atoms in total. The summed E-state index contributed by atoms with van der Waals surface area (Å²) in [5.74, 6) is 0.551. The summed E-state index contributed by atoms with van der Waals surface area (Å²) in [5, 5.41) is 1.36. The summed E-state index contributed by atoms with van der Waals surface area (Å²) in [6.07, 6.45) is 5.83. The molecule has 0 bridgehead atoms. The van der Waals surface area contributed by atoms with E-state index in [1.165, 1.54) is 41.3 Å². The zero-order valence-corrected chi connectivity index (χ0v) is 9.66. The number of H-pyrrole nitrogens is 1. The fourth-order valence-corrected chi connectivity index (χ4v) is 2.94. The molecule has 3 N–H and O–H groups in total. The molecular formula is C14H18N2. The van der Waals surface area contributed by atoms with E-state index in [0.29, 0.717) is 12.0 Å². The van der Waals surface area contributed by atoms with E-state index in [4.69, 9.17) is 5.73 Å². The first kappa shape index (κ1) is 9.91. The molecule has 1 aromatic carbocycles. The number of hydrogen-bond donors (Lipinski definition) is 2. The number of rotatable bonds is 1. The second-order valence-corrected chi connectivity index (χ2v) is 4.99. The smallest absolute Gasteiger partial charge is 0.0457 e. The minimum atomic E-state index is 0.347. The predicted molar refractivity (Wildman–Crippen MR) is 67.6 cm³/mol. The molecule has 0 spiro atoms. The maximum atomic E-state index is 6.19. The molecule has 1 heterocycles. The van der Waals surface area contributed by atoms with Crippen molar-refractivity contribution in [3.63, 3.8) is 0 Å². The van der Waals surface area contributed by atoms with Gasteiger partial charge in [0.15, 0.2) is 0 Å². The van der Waals surface area contributed by atoms with Crippen molar-refractivity contribution in [1.29, 1.82) is 0 Å². The molecule has 0 amide bonds. The minimum absolute atomic E-state index is 0.347. The van der Waals surface area contributed by atoms with Crippen molar-refractivity contribution in [2.75, 3.05) is 0 Å². The van der Waals surface area contributed by atoms with Crippen molar-refractivity contribution in [1.82, 2.24) is 4.98 Å². The van der Waals surface area contributed by atoms with Gasteiger partial charge in [-0.25, -0.2) is 0 Å². The number of aromatic nitrogens is 1. The first-order valence-electron chi connectivity index (χ1n) is 6.09. The maximum absolute atomic E-state index is 6.19. The molecule has 16 heavy (non-hydrogen) atoms. The Morgan fingerprint density at radius 1 is 1.31 bits per heavy atom. The number of fused-ring (bicyclic) bond motifs is 1. The third kappa shape index (κ3) is 1.45. The maximum Gasteiger partial charge on any atom is 0.0457 e. The van der Waals surface area contributed by atoms with Gasteiger partial charge in [-0.3, -0.25) is 0 Å². The summed E-state index contributed by atoms with van der Waals surface area (Å²) < 4.78 is 0. The van der Waals surface area contributed by atoms with Crippen LogP contribution in [0.5, 0.6) is 0 Å². The lowest BCUT2D eigenvalue weighted by atomic mass is 9.94.